The molecule has 2 unspecified atom stereocenters. The van der Waals surface area contributed by atoms with Crippen LogP contribution < -0.4 is 0 Å². The summed E-state index contributed by atoms with van der Waals surface area (Å²) in [4.78, 5) is 0. The molecule has 3 saturated heterocycles. The van der Waals surface area contributed by atoms with E-state index in [0.717, 1.165) is 38.5 Å². The molecule has 24 atom stereocenters. The van der Waals surface area contributed by atoms with Crippen molar-refractivity contribution in [1.82, 2.24) is 0 Å². The van der Waals surface area contributed by atoms with Crippen molar-refractivity contribution in [1.29, 1.82) is 0 Å². The van der Waals surface area contributed by atoms with Crippen molar-refractivity contribution >= 4 is 0 Å². The Labute approximate surface area is 318 Å². The SMILES string of the molecule is CO[C@]1(CC[C@H](C)CO[C@@H]2O[C@H](CO)[C@@H](O)[C@H](O)[C@H]2O)O[C@H]2C[C@H]3[C@@H]4C[C@@H](O)[C@]56C[C@@H]5C[C@@H](O[C@@H]5O[C@H](C)[C@H](O)[C@H](O)[C@H]5O)[C@]6(C)[C@H]4CC[C@]3(C)C2C1C. The lowest BCUT2D eigenvalue weighted by Crippen LogP contribution is -2.62. The number of rotatable bonds is 10. The number of aliphatic hydroxyl groups is 8. The van der Waals surface area contributed by atoms with Crippen LogP contribution in [0.4, 0.5) is 0 Å². The summed E-state index contributed by atoms with van der Waals surface area (Å²) in [6, 6.07) is 0. The molecule has 0 aromatic heterocycles. The topological polar surface area (TPSA) is 217 Å². The average Bonchev–Trinajstić information content (AvgIpc) is 3.59. The molecule has 14 heteroatoms. The van der Waals surface area contributed by atoms with Crippen LogP contribution in [0.25, 0.3) is 0 Å². The smallest absolute Gasteiger partial charge is 0.186 e. The number of methoxy groups -OCH3 is 1. The van der Waals surface area contributed by atoms with Crippen LogP contribution in [-0.4, -0.2) is 147 Å². The zero-order valence-corrected chi connectivity index (χ0v) is 32.6. The van der Waals surface area contributed by atoms with Crippen molar-refractivity contribution in [2.24, 2.45) is 57.7 Å². The van der Waals surface area contributed by atoms with Gasteiger partial charge in [0.05, 0.1) is 37.6 Å². The Bertz CT molecular complexity index is 1370. The third-order valence-electron chi connectivity index (χ3n) is 17.1. The second kappa shape index (κ2) is 14.0. The first kappa shape index (κ1) is 40.2. The maximum absolute atomic E-state index is 12.0. The molecule has 8 fully saturated rings. The van der Waals surface area contributed by atoms with E-state index in [0.29, 0.717) is 30.6 Å². The van der Waals surface area contributed by atoms with Crippen LogP contribution in [0.2, 0.25) is 0 Å². The fourth-order valence-electron chi connectivity index (χ4n) is 14.1. The molecule has 5 saturated carbocycles. The molecule has 8 rings (SSSR count). The van der Waals surface area contributed by atoms with Gasteiger partial charge >= 0.3 is 0 Å². The lowest BCUT2D eigenvalue weighted by atomic mass is 9.44. The second-order valence-corrected chi connectivity index (χ2v) is 19.3. The molecule has 0 bridgehead atoms. The van der Waals surface area contributed by atoms with Crippen LogP contribution in [0, 0.1) is 57.7 Å². The molecule has 0 aromatic rings. The minimum absolute atomic E-state index is 0.0136. The van der Waals surface area contributed by atoms with Gasteiger partial charge in [0.25, 0.3) is 0 Å². The minimum Gasteiger partial charge on any atom is -0.394 e. The van der Waals surface area contributed by atoms with Gasteiger partial charge in [-0.15, -0.1) is 0 Å². The summed E-state index contributed by atoms with van der Waals surface area (Å²) in [6.07, 6.45) is -6.07. The Morgan fingerprint density at radius 2 is 1.54 bits per heavy atom. The standard InChI is InChI=1S/C40H66O14/c1-17(16-50-35-33(47)32(46)30(44)25(15-41)52-35)7-10-40(49-6)18(2)28-24(54-40)13-23-21-12-26(42)39-14-20(39)11-27(38(39,5)22(21)8-9-37(23,28)4)53-36-34(48)31(45)29(43)19(3)51-36/h17-36,41-48H,7-16H2,1-6H3/t17-,18?,19+,20-,21+,22-,23-,24-,25+,26+,27+,28?,29-,30+,31-,32-,33+,34+,35+,36-,37-,38-,39-,40+/m0/s1. The van der Waals surface area contributed by atoms with E-state index in [9.17, 15) is 40.9 Å². The van der Waals surface area contributed by atoms with Crippen LogP contribution in [0.15, 0.2) is 0 Å². The first-order valence-corrected chi connectivity index (χ1v) is 20.7. The third kappa shape index (κ3) is 5.63. The highest BCUT2D eigenvalue weighted by atomic mass is 16.7. The lowest BCUT2D eigenvalue weighted by molar-refractivity contribution is -0.321. The van der Waals surface area contributed by atoms with E-state index < -0.39 is 79.9 Å². The van der Waals surface area contributed by atoms with E-state index in [1.54, 1.807) is 14.0 Å². The predicted octanol–water partition coefficient (Wildman–Crippen LogP) is 0.659. The van der Waals surface area contributed by atoms with E-state index in [-0.39, 0.29) is 58.7 Å². The summed E-state index contributed by atoms with van der Waals surface area (Å²) in [7, 11) is 1.72. The Morgan fingerprint density at radius 1 is 0.833 bits per heavy atom. The van der Waals surface area contributed by atoms with Gasteiger partial charge in [0, 0.05) is 30.3 Å². The molecule has 3 aliphatic heterocycles. The van der Waals surface area contributed by atoms with Crippen LogP contribution in [0.3, 0.4) is 0 Å². The number of ether oxygens (including phenoxy) is 6. The third-order valence-corrected chi connectivity index (χ3v) is 17.1. The molecule has 5 aliphatic carbocycles. The van der Waals surface area contributed by atoms with Crippen molar-refractivity contribution in [3.05, 3.63) is 0 Å². The lowest BCUT2D eigenvalue weighted by Gasteiger charge is -2.62. The molecule has 0 radical (unpaired) electrons. The highest BCUT2D eigenvalue weighted by Crippen LogP contribution is 2.82. The van der Waals surface area contributed by atoms with Crippen molar-refractivity contribution < 1.29 is 69.3 Å². The maximum atomic E-state index is 12.0. The number of hydrogen-bond acceptors (Lipinski definition) is 14. The summed E-state index contributed by atoms with van der Waals surface area (Å²) >= 11 is 0. The van der Waals surface area contributed by atoms with Gasteiger partial charge in [0.1, 0.15) is 42.7 Å². The molecule has 1 spiro atoms. The average molecular weight is 771 g/mol. The minimum atomic E-state index is -1.49. The maximum Gasteiger partial charge on any atom is 0.186 e. The Balaban J connectivity index is 0.941. The molecule has 8 aliphatic rings. The summed E-state index contributed by atoms with van der Waals surface area (Å²) in [5, 5.41) is 83.9. The fraction of sp³-hybridized carbons (Fsp3) is 1.00. The summed E-state index contributed by atoms with van der Waals surface area (Å²) in [5.74, 6) is 0.931. The quantitative estimate of drug-likeness (QED) is 0.153. The number of hydrogen-bond donors (Lipinski definition) is 8. The van der Waals surface area contributed by atoms with Gasteiger partial charge in [-0.25, -0.2) is 0 Å². The summed E-state index contributed by atoms with van der Waals surface area (Å²) in [6.45, 7) is 10.4. The largest absolute Gasteiger partial charge is 0.394 e. The van der Waals surface area contributed by atoms with Gasteiger partial charge < -0.3 is 69.3 Å². The first-order valence-electron chi connectivity index (χ1n) is 20.7. The van der Waals surface area contributed by atoms with E-state index >= 15 is 0 Å². The van der Waals surface area contributed by atoms with E-state index in [4.69, 9.17) is 28.4 Å². The van der Waals surface area contributed by atoms with E-state index in [1.165, 1.54) is 0 Å². The monoisotopic (exact) mass is 770 g/mol. The normalized spacial score (nSPS) is 59.6. The van der Waals surface area contributed by atoms with Crippen molar-refractivity contribution in [3.8, 4) is 0 Å². The molecular weight excluding hydrogens is 704 g/mol. The molecule has 0 aromatic carbocycles. The molecule has 310 valence electrons. The molecular formula is C40H66O14. The van der Waals surface area contributed by atoms with Crippen LogP contribution in [-0.2, 0) is 28.4 Å². The zero-order chi connectivity index (χ0) is 38.9. The van der Waals surface area contributed by atoms with Gasteiger partial charge in [-0.1, -0.05) is 27.7 Å². The molecule has 8 N–H and O–H groups in total. The Hall–Kier alpha value is -0.560. The van der Waals surface area contributed by atoms with Gasteiger partial charge in [0.2, 0.25) is 0 Å². The number of fused-ring (bicyclic) bond motifs is 6. The summed E-state index contributed by atoms with van der Waals surface area (Å²) in [5.41, 5.74) is -0.564. The summed E-state index contributed by atoms with van der Waals surface area (Å²) < 4.78 is 37.3. The Kier molecular flexibility index (Phi) is 10.5. The fourth-order valence-corrected chi connectivity index (χ4v) is 14.1. The second-order valence-electron chi connectivity index (χ2n) is 19.3. The zero-order valence-electron chi connectivity index (χ0n) is 32.6. The highest BCUT2D eigenvalue weighted by Gasteiger charge is 2.81. The number of aliphatic hydroxyl groups excluding tert-OH is 8. The van der Waals surface area contributed by atoms with E-state index in [2.05, 4.69) is 20.8 Å². The van der Waals surface area contributed by atoms with Gasteiger partial charge in [-0.3, -0.25) is 0 Å². The van der Waals surface area contributed by atoms with Crippen molar-refractivity contribution in [2.75, 3.05) is 20.3 Å². The first-order chi connectivity index (χ1) is 25.5. The van der Waals surface area contributed by atoms with Crippen LogP contribution >= 0.6 is 0 Å². The Morgan fingerprint density at radius 3 is 2.24 bits per heavy atom. The molecule has 54 heavy (non-hydrogen) atoms. The van der Waals surface area contributed by atoms with E-state index in [1.807, 2.05) is 6.92 Å². The van der Waals surface area contributed by atoms with Crippen LogP contribution in [0.5, 0.6) is 0 Å². The predicted molar refractivity (Wildman–Crippen MR) is 189 cm³/mol. The van der Waals surface area contributed by atoms with Crippen molar-refractivity contribution in [3.63, 3.8) is 0 Å². The van der Waals surface area contributed by atoms with Crippen LogP contribution in [0.1, 0.15) is 86.0 Å². The molecule has 3 heterocycles. The van der Waals surface area contributed by atoms with Crippen molar-refractivity contribution in [2.45, 2.75) is 171 Å². The van der Waals surface area contributed by atoms with Gasteiger partial charge in [0.15, 0.2) is 18.4 Å². The highest BCUT2D eigenvalue weighted by molar-refractivity contribution is 5.29. The molecule has 14 nitrogen and oxygen atoms in total. The van der Waals surface area contributed by atoms with Gasteiger partial charge in [-0.2, -0.15) is 0 Å². The van der Waals surface area contributed by atoms with Gasteiger partial charge in [-0.05, 0) is 92.8 Å². The molecule has 0 amide bonds.